The molecule has 43 heteroatoms. The highest BCUT2D eigenvalue weighted by Crippen LogP contribution is 2.17. The fourth-order valence-electron chi connectivity index (χ4n) is 8.91. The number of amides is 13. The van der Waals surface area contributed by atoms with Gasteiger partial charge in [0.15, 0.2) is 0 Å². The van der Waals surface area contributed by atoms with Gasteiger partial charge in [0.05, 0.1) is 44.6 Å². The van der Waals surface area contributed by atoms with Gasteiger partial charge in [-0.1, -0.05) is 52.7 Å². The number of aromatic hydroxyl groups is 1. The zero-order valence-corrected chi connectivity index (χ0v) is 56.8. The van der Waals surface area contributed by atoms with Gasteiger partial charge >= 0.3 is 27.1 Å². The molecule has 562 valence electrons. The number of aliphatic carboxylic acids is 3. The van der Waals surface area contributed by atoms with E-state index in [9.17, 15) is 125 Å². The average Bonchev–Trinajstić information content (AvgIpc) is 0.856. The van der Waals surface area contributed by atoms with E-state index in [1.165, 1.54) is 38.1 Å². The molecule has 15 atom stereocenters. The molecule has 0 saturated heterocycles. The van der Waals surface area contributed by atoms with Gasteiger partial charge in [-0.15, -0.1) is 0 Å². The number of hydrogen-bond acceptors (Lipinski definition) is 25. The summed E-state index contributed by atoms with van der Waals surface area (Å²) in [5.41, 5.74) is 22.7. The Balaban J connectivity index is 3.57. The second-order valence-electron chi connectivity index (χ2n) is 23.0. The standard InChI is InChI=1S/C57H91N15O26S2/c1-6-25(3)43(70-46(83)30(59)18-28-11-13-29(76)14-12-28)55(92)69-38(24-99-100(96,97)98)53(90)66-34(20-41(79)80)49(86)64-33(19-40(61)78)48(85)62-31(15-16-39(60)77)47(84)65-35(21-42(81)82)50(87)72-45(27(5)75)56(93)71-44(26(4)7-2)54(91)68-37(23-74)52(89)67-36(22-73)51(88)63-32(57(94)95)10-8-9-17-58/h11-14,25-27,30-38,43-45,73-76H,6-10,15-24,58-59H2,1-5H3,(H2,60,77)(H2,61,78)(H,62,85)(H,63,88)(H,64,86)(H,65,84)(H,66,90)(H,67,89)(H,68,91)(H,69,92)(H,70,83)(H,71,93)(H,72,87)(H,79,80)(H,81,82)(H,94,95)(H,96,97,98)/t25-,26-,27+,30-,31-,32-,33-,34-,35-,36-,37-,38-,43-,44-,45-/m0/s1. The second kappa shape index (κ2) is 43.9. The third-order valence-corrected chi connectivity index (χ3v) is 17.0. The summed E-state index contributed by atoms with van der Waals surface area (Å²) in [4.78, 5) is 211. The molecule has 0 radical (unpaired) electrons. The number of aliphatic hydroxyl groups excluding tert-OH is 3. The third-order valence-electron chi connectivity index (χ3n) is 15.0. The van der Waals surface area contributed by atoms with Crippen LogP contribution < -0.4 is 81.4 Å². The van der Waals surface area contributed by atoms with Gasteiger partial charge in [0.25, 0.3) is 0 Å². The van der Waals surface area contributed by atoms with Crippen molar-refractivity contribution in [3.05, 3.63) is 29.8 Å². The molecule has 0 heterocycles. The van der Waals surface area contributed by atoms with E-state index in [2.05, 4.69) is 31.9 Å². The first kappa shape index (κ1) is 88.6. The maximum absolute atomic E-state index is 14.0. The molecule has 1 aromatic carbocycles. The number of hydrogen-bond donors (Lipinski definition) is 23. The lowest BCUT2D eigenvalue weighted by Gasteiger charge is -2.30. The van der Waals surface area contributed by atoms with Crippen molar-refractivity contribution in [1.29, 1.82) is 0 Å². The summed E-state index contributed by atoms with van der Waals surface area (Å²) in [5, 5.41) is 92.8. The van der Waals surface area contributed by atoms with Crippen molar-refractivity contribution in [3.63, 3.8) is 0 Å². The lowest BCUT2D eigenvalue weighted by Crippen LogP contribution is -2.63. The molecule has 1 rings (SSSR count). The highest BCUT2D eigenvalue weighted by Gasteiger charge is 2.40. The molecule has 0 aromatic heterocycles. The molecule has 0 fully saturated rings. The van der Waals surface area contributed by atoms with E-state index in [-0.39, 0.29) is 55.2 Å². The lowest BCUT2D eigenvalue weighted by atomic mass is 9.97. The van der Waals surface area contributed by atoms with E-state index in [4.69, 9.17) is 22.9 Å². The molecule has 0 bridgehead atoms. The predicted octanol–water partition coefficient (Wildman–Crippen LogP) is -9.11. The Kier molecular flexibility index (Phi) is 38.9. The van der Waals surface area contributed by atoms with Gasteiger partial charge in [0.2, 0.25) is 76.8 Å². The smallest absolute Gasteiger partial charge is 0.326 e. The summed E-state index contributed by atoms with van der Waals surface area (Å²) >= 11 is 0. The number of rotatable bonds is 48. The van der Waals surface area contributed by atoms with Crippen LogP contribution in [0.5, 0.6) is 5.75 Å². The molecular weight excluding hydrogens is 1370 g/mol. The number of nitrogens with two attached hydrogens (primary N) is 4. The van der Waals surface area contributed by atoms with Gasteiger partial charge in [-0.2, -0.15) is 8.42 Å². The number of aliphatic hydroxyl groups is 3. The number of unbranched alkanes of at least 4 members (excludes halogenated alkanes) is 1. The molecule has 0 unspecified atom stereocenters. The number of carbonyl (C=O) groups excluding carboxylic acids is 13. The molecule has 41 nitrogen and oxygen atoms in total. The maximum Gasteiger partial charge on any atom is 0.326 e. The Morgan fingerprint density at radius 3 is 1.26 bits per heavy atom. The average molecular weight is 1470 g/mol. The second-order valence-corrected chi connectivity index (χ2v) is 26.4. The fourth-order valence-corrected chi connectivity index (χ4v) is 10.4. The minimum Gasteiger partial charge on any atom is -0.508 e. The number of phenols is 1. The Morgan fingerprint density at radius 1 is 0.480 bits per heavy atom. The van der Waals surface area contributed by atoms with Crippen molar-refractivity contribution in [2.24, 2.45) is 34.8 Å². The Hall–Kier alpha value is -9.40. The van der Waals surface area contributed by atoms with Gasteiger partial charge in [-0.25, -0.2) is 4.79 Å². The summed E-state index contributed by atoms with van der Waals surface area (Å²) in [6.07, 6.45) is -6.65. The zero-order chi connectivity index (χ0) is 76.5. The van der Waals surface area contributed by atoms with Crippen molar-refractivity contribution in [2.75, 3.05) is 25.5 Å². The minimum atomic E-state index is -5.02. The van der Waals surface area contributed by atoms with Crippen LogP contribution in [0.4, 0.5) is 0 Å². The summed E-state index contributed by atoms with van der Waals surface area (Å²) in [6, 6.07) is -17.3. The van der Waals surface area contributed by atoms with Gasteiger partial charge in [0, 0.05) is 12.2 Å². The van der Waals surface area contributed by atoms with E-state index in [0.717, 1.165) is 6.92 Å². The van der Waals surface area contributed by atoms with Crippen LogP contribution in [0.1, 0.15) is 104 Å². The number of benzene rings is 1. The first-order valence-corrected chi connectivity index (χ1v) is 33.9. The van der Waals surface area contributed by atoms with Crippen LogP contribution in [-0.4, -0.2) is 248 Å². The molecule has 0 saturated carbocycles. The van der Waals surface area contributed by atoms with Crippen LogP contribution in [0.15, 0.2) is 24.3 Å². The molecule has 0 spiro atoms. The van der Waals surface area contributed by atoms with Crippen LogP contribution in [0, 0.1) is 11.8 Å². The van der Waals surface area contributed by atoms with Crippen LogP contribution >= 0.6 is 10.8 Å². The molecule has 27 N–H and O–H groups in total. The van der Waals surface area contributed by atoms with Crippen LogP contribution in [-0.2, 0) is 92.3 Å². The third kappa shape index (κ3) is 32.5. The van der Waals surface area contributed by atoms with Crippen molar-refractivity contribution in [2.45, 2.75) is 184 Å². The summed E-state index contributed by atoms with van der Waals surface area (Å²) in [6.45, 7) is 4.97. The number of phenolic OH excluding ortho intramolecular Hbond substituents is 1. The van der Waals surface area contributed by atoms with E-state index >= 15 is 0 Å². The Morgan fingerprint density at radius 2 is 0.850 bits per heavy atom. The summed E-state index contributed by atoms with van der Waals surface area (Å²) < 4.78 is 33.3. The van der Waals surface area contributed by atoms with Crippen molar-refractivity contribution >= 4 is 115 Å². The maximum atomic E-state index is 14.0. The summed E-state index contributed by atoms with van der Waals surface area (Å²) in [7, 11) is -5.34. The first-order chi connectivity index (χ1) is 46.6. The van der Waals surface area contributed by atoms with E-state index in [1.54, 1.807) is 13.8 Å². The first-order valence-electron chi connectivity index (χ1n) is 31.0. The largest absolute Gasteiger partial charge is 0.508 e. The van der Waals surface area contributed by atoms with Gasteiger partial charge in [-0.05, 0) is 85.9 Å². The van der Waals surface area contributed by atoms with Crippen LogP contribution in [0.3, 0.4) is 0 Å². The molecular formula is C57H91N15O26S2. The van der Waals surface area contributed by atoms with Gasteiger partial charge in [0.1, 0.15) is 72.2 Å². The number of primary amides is 2. The predicted molar refractivity (Wildman–Crippen MR) is 347 cm³/mol. The van der Waals surface area contributed by atoms with Crippen LogP contribution in [0.2, 0.25) is 0 Å². The molecule has 1 aromatic rings. The van der Waals surface area contributed by atoms with Crippen molar-refractivity contribution in [1.82, 2.24) is 58.5 Å². The minimum absolute atomic E-state index is 0.0720. The quantitative estimate of drug-likeness (QED) is 0.0164. The molecule has 0 aliphatic heterocycles. The SMILES string of the molecule is CC[C@H](C)[C@H](NC(=O)[C@@H](NC(=O)[C@H](CC(=O)O)NC(=O)[C@H](CCC(N)=O)NC(=O)[C@H](CC(N)=O)NC(=O)[C@H](CC(=O)O)NC(=O)[C@H](CSS(=O)(=O)O)NC(=O)[C@@H](NC(=O)[C@@H](N)Cc1ccc(O)cc1)[C@@H](C)CC)[C@@H](C)O)C(=O)N[C@@H](CO)C(=O)N[C@@H](CO)C(=O)N[C@@H](CCCCN)C(=O)O. The monoisotopic (exact) mass is 1470 g/mol. The Labute approximate surface area is 576 Å². The number of carbonyl (C=O) groups is 16. The number of carboxylic acid groups (broad SMARTS) is 3. The zero-order valence-electron chi connectivity index (χ0n) is 55.1. The lowest BCUT2D eigenvalue weighted by molar-refractivity contribution is -0.143. The van der Waals surface area contributed by atoms with Crippen molar-refractivity contribution < 1.29 is 125 Å². The molecule has 100 heavy (non-hydrogen) atoms. The molecule has 13 amide bonds. The Bertz CT molecular complexity index is 3170. The normalized spacial score (nSPS) is 15.8. The topological polar surface area (TPSA) is 706 Å². The summed E-state index contributed by atoms with van der Waals surface area (Å²) in [5.74, 6) is -25.2. The van der Waals surface area contributed by atoms with Gasteiger partial charge < -0.3 is 117 Å². The highest BCUT2D eigenvalue weighted by atomic mass is 33.1. The van der Waals surface area contributed by atoms with Gasteiger partial charge in [-0.3, -0.25) is 76.5 Å². The number of carboxylic acids is 3. The van der Waals surface area contributed by atoms with Crippen molar-refractivity contribution in [3.8, 4) is 5.75 Å². The molecule has 0 aliphatic rings. The number of nitrogens with one attached hydrogen (secondary N) is 11. The fraction of sp³-hybridized carbons (Fsp3) is 0.614. The van der Waals surface area contributed by atoms with E-state index < -0.39 is 245 Å². The van der Waals surface area contributed by atoms with E-state index in [0.29, 0.717) is 12.0 Å². The van der Waals surface area contributed by atoms with E-state index in [1.807, 2.05) is 26.6 Å². The highest BCUT2D eigenvalue weighted by molar-refractivity contribution is 8.69. The molecule has 0 aliphatic carbocycles. The van der Waals surface area contributed by atoms with Crippen LogP contribution in [0.25, 0.3) is 0 Å².